The van der Waals surface area contributed by atoms with Crippen LogP contribution in [0.3, 0.4) is 0 Å². The second-order valence-corrected chi connectivity index (χ2v) is 8.31. The van der Waals surface area contributed by atoms with Crippen molar-refractivity contribution < 1.29 is 17.9 Å². The molecule has 0 radical (unpaired) electrons. The second-order valence-electron chi connectivity index (χ2n) is 6.49. The van der Waals surface area contributed by atoms with Crippen molar-refractivity contribution >= 4 is 15.8 Å². The van der Waals surface area contributed by atoms with E-state index >= 15 is 0 Å². The molecule has 0 spiro atoms. The summed E-state index contributed by atoms with van der Waals surface area (Å²) in [6.07, 6.45) is 1.27. The lowest BCUT2D eigenvalue weighted by Gasteiger charge is -2.09. The molecule has 4 rings (SSSR count). The number of ether oxygens (including phenoxy) is 1. The molecule has 7 heteroatoms. The molecule has 0 unspecified atom stereocenters. The van der Waals surface area contributed by atoms with Gasteiger partial charge in [0.25, 0.3) is 10.0 Å². The zero-order chi connectivity index (χ0) is 21.1. The topological polar surface area (TPSA) is 78.3 Å². The first-order valence-corrected chi connectivity index (χ1v) is 10.6. The minimum atomic E-state index is -3.95. The Morgan fingerprint density at radius 3 is 2.23 bits per heavy atom. The monoisotopic (exact) mass is 418 g/mol. The Hall–Kier alpha value is -3.71. The van der Waals surface area contributed by atoms with Gasteiger partial charge in [-0.2, -0.15) is 0 Å². The zero-order valence-electron chi connectivity index (χ0n) is 16.1. The van der Waals surface area contributed by atoms with Crippen LogP contribution < -0.4 is 4.74 Å². The SMILES string of the molecule is COc1cccc(C(=O)c2cn(S(=O)(=O)c3ccccc3)c(-c3ccccc3)n2)c1. The zero-order valence-corrected chi connectivity index (χ0v) is 16.9. The maximum atomic E-state index is 13.3. The van der Waals surface area contributed by atoms with E-state index in [4.69, 9.17) is 4.74 Å². The maximum Gasteiger partial charge on any atom is 0.269 e. The van der Waals surface area contributed by atoms with E-state index in [9.17, 15) is 13.2 Å². The molecule has 0 saturated carbocycles. The lowest BCUT2D eigenvalue weighted by Crippen LogP contribution is -2.13. The van der Waals surface area contributed by atoms with Gasteiger partial charge in [0.2, 0.25) is 5.78 Å². The van der Waals surface area contributed by atoms with Gasteiger partial charge < -0.3 is 4.74 Å². The van der Waals surface area contributed by atoms with Gasteiger partial charge in [-0.15, -0.1) is 0 Å². The van der Waals surface area contributed by atoms with Crippen molar-refractivity contribution in [2.75, 3.05) is 7.11 Å². The first kappa shape index (κ1) is 19.6. The number of aromatic nitrogens is 2. The lowest BCUT2D eigenvalue weighted by molar-refractivity contribution is 0.103. The van der Waals surface area contributed by atoms with Crippen LogP contribution in [0.5, 0.6) is 5.75 Å². The van der Waals surface area contributed by atoms with Crippen molar-refractivity contribution in [3.05, 3.63) is 102 Å². The highest BCUT2D eigenvalue weighted by Gasteiger charge is 2.25. The van der Waals surface area contributed by atoms with Crippen LogP contribution in [0.15, 0.2) is 96.0 Å². The quantitative estimate of drug-likeness (QED) is 0.442. The Morgan fingerprint density at radius 1 is 0.900 bits per heavy atom. The van der Waals surface area contributed by atoms with Crippen LogP contribution in [0.2, 0.25) is 0 Å². The number of carbonyl (C=O) groups is 1. The van der Waals surface area contributed by atoms with Gasteiger partial charge in [-0.1, -0.05) is 60.7 Å². The van der Waals surface area contributed by atoms with Gasteiger partial charge in [0, 0.05) is 11.1 Å². The molecule has 6 nitrogen and oxygen atoms in total. The maximum absolute atomic E-state index is 13.3. The summed E-state index contributed by atoms with van der Waals surface area (Å²) in [6, 6.07) is 23.6. The largest absolute Gasteiger partial charge is 0.497 e. The standard InChI is InChI=1S/C23H18N2O4S/c1-29-19-12-8-11-18(15-19)22(26)21-16-25(23(24-21)17-9-4-2-5-10-17)30(27,28)20-13-6-3-7-14-20/h2-16H,1H3. The van der Waals surface area contributed by atoms with Gasteiger partial charge in [-0.25, -0.2) is 17.4 Å². The van der Waals surface area contributed by atoms with Crippen molar-refractivity contribution in [1.82, 2.24) is 8.96 Å². The number of hydrogen-bond acceptors (Lipinski definition) is 5. The number of rotatable bonds is 6. The van der Waals surface area contributed by atoms with Crippen molar-refractivity contribution in [3.63, 3.8) is 0 Å². The number of carbonyl (C=O) groups excluding carboxylic acids is 1. The highest BCUT2D eigenvalue weighted by atomic mass is 32.2. The third kappa shape index (κ3) is 3.62. The molecule has 150 valence electrons. The van der Waals surface area contributed by atoms with Gasteiger partial charge in [-0.05, 0) is 24.3 Å². The molecular weight excluding hydrogens is 400 g/mol. The molecule has 0 saturated heterocycles. The summed E-state index contributed by atoms with van der Waals surface area (Å²) in [5.41, 5.74) is 0.971. The van der Waals surface area contributed by atoms with Crippen LogP contribution >= 0.6 is 0 Å². The number of nitrogens with zero attached hydrogens (tertiary/aromatic N) is 2. The van der Waals surface area contributed by atoms with E-state index in [1.54, 1.807) is 66.7 Å². The Morgan fingerprint density at radius 2 is 1.57 bits per heavy atom. The summed E-state index contributed by atoms with van der Waals surface area (Å²) in [5, 5.41) is 0. The van der Waals surface area contributed by atoms with Crippen LogP contribution in [0.4, 0.5) is 0 Å². The van der Waals surface area contributed by atoms with E-state index in [-0.39, 0.29) is 16.4 Å². The van der Waals surface area contributed by atoms with E-state index < -0.39 is 15.8 Å². The number of benzene rings is 3. The van der Waals surface area contributed by atoms with Crippen molar-refractivity contribution in [2.45, 2.75) is 4.90 Å². The Bertz CT molecular complexity index is 1300. The van der Waals surface area contributed by atoms with E-state index in [0.717, 1.165) is 3.97 Å². The minimum absolute atomic E-state index is 0.0293. The van der Waals surface area contributed by atoms with Gasteiger partial charge in [0.05, 0.1) is 18.2 Å². The van der Waals surface area contributed by atoms with Crippen molar-refractivity contribution in [3.8, 4) is 17.1 Å². The van der Waals surface area contributed by atoms with Gasteiger partial charge in [-0.3, -0.25) is 4.79 Å². The number of methoxy groups -OCH3 is 1. The van der Waals surface area contributed by atoms with E-state index in [2.05, 4.69) is 4.98 Å². The third-order valence-corrected chi connectivity index (χ3v) is 6.24. The van der Waals surface area contributed by atoms with Crippen molar-refractivity contribution in [2.24, 2.45) is 0 Å². The molecule has 0 aliphatic carbocycles. The number of ketones is 1. The van der Waals surface area contributed by atoms with Crippen LogP contribution in [-0.4, -0.2) is 30.3 Å². The Labute approximate surface area is 174 Å². The van der Waals surface area contributed by atoms with Crippen molar-refractivity contribution in [1.29, 1.82) is 0 Å². The smallest absolute Gasteiger partial charge is 0.269 e. The molecule has 0 fully saturated rings. The molecule has 30 heavy (non-hydrogen) atoms. The summed E-state index contributed by atoms with van der Waals surface area (Å²) in [5.74, 6) is 0.305. The summed E-state index contributed by atoms with van der Waals surface area (Å²) in [4.78, 5) is 17.6. The average Bonchev–Trinajstić information content (AvgIpc) is 3.26. The van der Waals surface area contributed by atoms with E-state index in [0.29, 0.717) is 16.9 Å². The number of hydrogen-bond donors (Lipinski definition) is 0. The average molecular weight is 418 g/mol. The molecule has 0 aliphatic heterocycles. The first-order valence-electron chi connectivity index (χ1n) is 9.15. The van der Waals surface area contributed by atoms with Gasteiger partial charge in [0.15, 0.2) is 5.82 Å². The van der Waals surface area contributed by atoms with Gasteiger partial charge in [0.1, 0.15) is 11.4 Å². The fraction of sp³-hybridized carbons (Fsp3) is 0.0435. The highest BCUT2D eigenvalue weighted by molar-refractivity contribution is 7.90. The number of imidazole rings is 1. The minimum Gasteiger partial charge on any atom is -0.497 e. The summed E-state index contributed by atoms with van der Waals surface area (Å²) in [7, 11) is -2.44. The predicted octanol–water partition coefficient (Wildman–Crippen LogP) is 4.03. The first-order chi connectivity index (χ1) is 14.5. The van der Waals surface area contributed by atoms with Gasteiger partial charge >= 0.3 is 0 Å². The Balaban J connectivity index is 1.88. The Kier molecular flexibility index (Phi) is 5.20. The summed E-state index contributed by atoms with van der Waals surface area (Å²) >= 11 is 0. The van der Waals surface area contributed by atoms with Crippen LogP contribution in [0.1, 0.15) is 16.1 Å². The normalized spacial score (nSPS) is 11.2. The molecule has 4 aromatic rings. The lowest BCUT2D eigenvalue weighted by atomic mass is 10.1. The van der Waals surface area contributed by atoms with Crippen LogP contribution in [0, 0.1) is 0 Å². The highest BCUT2D eigenvalue weighted by Crippen LogP contribution is 2.26. The molecule has 0 N–H and O–H groups in total. The second kappa shape index (κ2) is 7.96. The molecular formula is C23H18N2O4S. The molecule has 3 aromatic carbocycles. The predicted molar refractivity (Wildman–Crippen MR) is 113 cm³/mol. The summed E-state index contributed by atoms with van der Waals surface area (Å²) < 4.78 is 32.8. The fourth-order valence-electron chi connectivity index (χ4n) is 3.05. The molecule has 1 aromatic heterocycles. The van der Waals surface area contributed by atoms with Crippen LogP contribution in [-0.2, 0) is 10.0 Å². The molecule has 0 bridgehead atoms. The fourth-order valence-corrected chi connectivity index (χ4v) is 4.40. The molecule has 0 aliphatic rings. The molecule has 1 heterocycles. The van der Waals surface area contributed by atoms with E-state index in [1.807, 2.05) is 6.07 Å². The van der Waals surface area contributed by atoms with Crippen LogP contribution in [0.25, 0.3) is 11.4 Å². The molecule has 0 atom stereocenters. The van der Waals surface area contributed by atoms with E-state index in [1.165, 1.54) is 25.4 Å². The third-order valence-electron chi connectivity index (χ3n) is 4.57. The summed E-state index contributed by atoms with van der Waals surface area (Å²) in [6.45, 7) is 0. The molecule has 0 amide bonds.